The van der Waals surface area contributed by atoms with E-state index < -0.39 is 0 Å². The Morgan fingerprint density at radius 2 is 2.06 bits per heavy atom. The normalized spacial score (nSPS) is 10.5. The highest BCUT2D eigenvalue weighted by atomic mass is 32.1. The number of rotatable bonds is 3. The fourth-order valence-corrected chi connectivity index (χ4v) is 2.35. The predicted molar refractivity (Wildman–Crippen MR) is 72.6 cm³/mol. The van der Waals surface area contributed by atoms with E-state index in [9.17, 15) is 0 Å². The molecule has 1 aromatic heterocycles. The van der Waals surface area contributed by atoms with Gasteiger partial charge in [-0.1, -0.05) is 0 Å². The molecule has 0 aliphatic rings. The summed E-state index contributed by atoms with van der Waals surface area (Å²) in [7, 11) is 0. The first-order valence-electron chi connectivity index (χ1n) is 5.57. The Morgan fingerprint density at radius 1 is 1.29 bits per heavy atom. The zero-order valence-electron chi connectivity index (χ0n) is 10.3. The number of hydrogen-bond donors (Lipinski definition) is 1. The lowest BCUT2D eigenvalue weighted by molar-refractivity contribution is 0.337. The summed E-state index contributed by atoms with van der Waals surface area (Å²) in [5.74, 6) is 0.942. The molecule has 0 saturated heterocycles. The highest BCUT2D eigenvalue weighted by Gasteiger charge is 2.09. The van der Waals surface area contributed by atoms with Crippen LogP contribution in [0.3, 0.4) is 0 Å². The van der Waals surface area contributed by atoms with Crippen molar-refractivity contribution in [2.45, 2.75) is 20.8 Å². The minimum absolute atomic E-state index is 0.603. The predicted octanol–water partition coefficient (Wildman–Crippen LogP) is 3.41. The maximum Gasteiger partial charge on any atom is 0.180 e. The Labute approximate surface area is 105 Å². The zero-order valence-corrected chi connectivity index (χ0v) is 11.1. The van der Waals surface area contributed by atoms with E-state index in [2.05, 4.69) is 24.0 Å². The van der Waals surface area contributed by atoms with E-state index >= 15 is 0 Å². The Kier molecular flexibility index (Phi) is 3.33. The van der Waals surface area contributed by atoms with Crippen LogP contribution in [0.4, 0.5) is 5.13 Å². The summed E-state index contributed by atoms with van der Waals surface area (Å²) in [5.41, 5.74) is 10.0. The molecule has 0 spiro atoms. The standard InChI is InChI=1S/C13H16N2OS/c1-4-16-12-6-8(2)10(5-9(12)3)11-7-17-13(14)15-11/h5-7H,4H2,1-3H3,(H2,14,15). The van der Waals surface area contributed by atoms with E-state index in [0.29, 0.717) is 11.7 Å². The molecule has 0 amide bonds. The van der Waals surface area contributed by atoms with E-state index in [0.717, 1.165) is 28.1 Å². The third-order valence-corrected chi connectivity index (χ3v) is 3.29. The number of ether oxygens (including phenoxy) is 1. The smallest absolute Gasteiger partial charge is 0.180 e. The molecule has 17 heavy (non-hydrogen) atoms. The molecule has 0 unspecified atom stereocenters. The van der Waals surface area contributed by atoms with Gasteiger partial charge in [-0.25, -0.2) is 4.98 Å². The van der Waals surface area contributed by atoms with Crippen LogP contribution in [0.15, 0.2) is 17.5 Å². The molecule has 0 atom stereocenters. The summed E-state index contributed by atoms with van der Waals surface area (Å²) in [6.07, 6.45) is 0. The lowest BCUT2D eigenvalue weighted by Gasteiger charge is -2.11. The monoisotopic (exact) mass is 248 g/mol. The highest BCUT2D eigenvalue weighted by Crippen LogP contribution is 2.31. The van der Waals surface area contributed by atoms with Crippen LogP contribution in [0.25, 0.3) is 11.3 Å². The van der Waals surface area contributed by atoms with E-state index in [1.807, 2.05) is 19.2 Å². The second-order valence-corrected chi connectivity index (χ2v) is 4.83. The fraction of sp³-hybridized carbons (Fsp3) is 0.308. The molecule has 2 N–H and O–H groups in total. The zero-order chi connectivity index (χ0) is 12.4. The first-order valence-corrected chi connectivity index (χ1v) is 6.45. The van der Waals surface area contributed by atoms with Crippen LogP contribution in [0.1, 0.15) is 18.1 Å². The summed E-state index contributed by atoms with van der Waals surface area (Å²) in [4.78, 5) is 4.31. The molecule has 1 aromatic carbocycles. The molecule has 0 bridgehead atoms. The number of nitrogens with zero attached hydrogens (tertiary/aromatic N) is 1. The average Bonchev–Trinajstić information content (AvgIpc) is 2.70. The van der Waals surface area contributed by atoms with Crippen molar-refractivity contribution in [1.29, 1.82) is 0 Å². The van der Waals surface area contributed by atoms with Crippen molar-refractivity contribution in [3.63, 3.8) is 0 Å². The molecule has 0 saturated carbocycles. The van der Waals surface area contributed by atoms with Gasteiger partial charge >= 0.3 is 0 Å². The Hall–Kier alpha value is -1.55. The number of anilines is 1. The maximum absolute atomic E-state index is 5.66. The van der Waals surface area contributed by atoms with Gasteiger partial charge in [0.05, 0.1) is 12.3 Å². The second kappa shape index (κ2) is 4.75. The molecule has 0 fully saturated rings. The summed E-state index contributed by atoms with van der Waals surface area (Å²) in [5, 5.41) is 2.59. The molecule has 0 aliphatic carbocycles. The van der Waals surface area contributed by atoms with Crippen molar-refractivity contribution in [2.24, 2.45) is 0 Å². The highest BCUT2D eigenvalue weighted by molar-refractivity contribution is 7.13. The van der Waals surface area contributed by atoms with E-state index in [1.165, 1.54) is 11.3 Å². The Balaban J connectivity index is 2.46. The number of thiazole rings is 1. The molecule has 1 heterocycles. The van der Waals surface area contributed by atoms with Gasteiger partial charge in [-0.3, -0.25) is 0 Å². The molecule has 0 radical (unpaired) electrons. The van der Waals surface area contributed by atoms with Gasteiger partial charge in [0.2, 0.25) is 0 Å². The summed E-state index contributed by atoms with van der Waals surface area (Å²) >= 11 is 1.46. The van der Waals surface area contributed by atoms with Crippen molar-refractivity contribution in [2.75, 3.05) is 12.3 Å². The van der Waals surface area contributed by atoms with Crippen LogP contribution in [0, 0.1) is 13.8 Å². The van der Waals surface area contributed by atoms with Gasteiger partial charge in [-0.05, 0) is 44.0 Å². The van der Waals surface area contributed by atoms with Crippen molar-refractivity contribution in [3.8, 4) is 17.0 Å². The van der Waals surface area contributed by atoms with E-state index in [1.54, 1.807) is 0 Å². The van der Waals surface area contributed by atoms with Crippen molar-refractivity contribution >= 4 is 16.5 Å². The fourth-order valence-electron chi connectivity index (χ4n) is 1.79. The van der Waals surface area contributed by atoms with Crippen LogP contribution in [0.5, 0.6) is 5.75 Å². The van der Waals surface area contributed by atoms with Crippen molar-refractivity contribution < 1.29 is 4.74 Å². The number of aryl methyl sites for hydroxylation is 2. The summed E-state index contributed by atoms with van der Waals surface area (Å²) in [6, 6.07) is 4.17. The molecular weight excluding hydrogens is 232 g/mol. The minimum Gasteiger partial charge on any atom is -0.494 e. The average molecular weight is 248 g/mol. The topological polar surface area (TPSA) is 48.1 Å². The van der Waals surface area contributed by atoms with Gasteiger partial charge in [0, 0.05) is 10.9 Å². The van der Waals surface area contributed by atoms with Gasteiger partial charge in [0.25, 0.3) is 0 Å². The van der Waals surface area contributed by atoms with Crippen LogP contribution in [-0.2, 0) is 0 Å². The second-order valence-electron chi connectivity index (χ2n) is 3.94. The number of nitrogens with two attached hydrogens (primary N) is 1. The maximum atomic E-state index is 5.66. The largest absolute Gasteiger partial charge is 0.494 e. The number of benzene rings is 1. The van der Waals surface area contributed by atoms with Crippen LogP contribution in [-0.4, -0.2) is 11.6 Å². The van der Waals surface area contributed by atoms with Gasteiger partial charge in [0.15, 0.2) is 5.13 Å². The SMILES string of the molecule is CCOc1cc(C)c(-c2csc(N)n2)cc1C. The molecule has 3 nitrogen and oxygen atoms in total. The first-order chi connectivity index (χ1) is 8.11. The van der Waals surface area contributed by atoms with Crippen LogP contribution in [0.2, 0.25) is 0 Å². The third kappa shape index (κ3) is 2.42. The lowest BCUT2D eigenvalue weighted by atomic mass is 10.0. The van der Waals surface area contributed by atoms with Crippen molar-refractivity contribution in [3.05, 3.63) is 28.6 Å². The number of nitrogen functional groups attached to an aromatic ring is 1. The van der Waals surface area contributed by atoms with Gasteiger partial charge in [-0.2, -0.15) is 0 Å². The van der Waals surface area contributed by atoms with Gasteiger partial charge in [-0.15, -0.1) is 11.3 Å². The van der Waals surface area contributed by atoms with Crippen molar-refractivity contribution in [1.82, 2.24) is 4.98 Å². The Bertz CT molecular complexity index is 534. The molecule has 0 aliphatic heterocycles. The van der Waals surface area contributed by atoms with E-state index in [-0.39, 0.29) is 0 Å². The molecule has 90 valence electrons. The van der Waals surface area contributed by atoms with Gasteiger partial charge < -0.3 is 10.5 Å². The molecular formula is C13H16N2OS. The van der Waals surface area contributed by atoms with Crippen LogP contribution < -0.4 is 10.5 Å². The molecule has 2 aromatic rings. The van der Waals surface area contributed by atoms with Gasteiger partial charge in [0.1, 0.15) is 5.75 Å². The number of hydrogen-bond acceptors (Lipinski definition) is 4. The molecule has 4 heteroatoms. The van der Waals surface area contributed by atoms with Crippen LogP contribution >= 0.6 is 11.3 Å². The minimum atomic E-state index is 0.603. The first kappa shape index (κ1) is 11.9. The van der Waals surface area contributed by atoms with E-state index in [4.69, 9.17) is 10.5 Å². The lowest BCUT2D eigenvalue weighted by Crippen LogP contribution is -1.96. The summed E-state index contributed by atoms with van der Waals surface area (Å²) < 4.78 is 5.57. The third-order valence-electron chi connectivity index (χ3n) is 2.62. The molecule has 2 rings (SSSR count). The summed E-state index contributed by atoms with van der Waals surface area (Å²) in [6.45, 7) is 6.78. The quantitative estimate of drug-likeness (QED) is 0.905. The Morgan fingerprint density at radius 3 is 2.65 bits per heavy atom. The number of aromatic nitrogens is 1.